The summed E-state index contributed by atoms with van der Waals surface area (Å²) in [5, 5.41) is 0. The summed E-state index contributed by atoms with van der Waals surface area (Å²) >= 11 is 0. The molecule has 1 saturated heterocycles. The minimum absolute atomic E-state index is 0.00518. The van der Waals surface area contributed by atoms with Crippen LogP contribution >= 0.6 is 0 Å². The van der Waals surface area contributed by atoms with Gasteiger partial charge in [-0.25, -0.2) is 9.59 Å². The van der Waals surface area contributed by atoms with E-state index in [1.165, 1.54) is 12.0 Å². The lowest BCUT2D eigenvalue weighted by Crippen LogP contribution is -2.45. The molecule has 3 rings (SSSR count). The molecule has 0 spiro atoms. The number of methoxy groups -OCH3 is 1. The van der Waals surface area contributed by atoms with E-state index in [0.717, 1.165) is 23.1 Å². The highest BCUT2D eigenvalue weighted by molar-refractivity contribution is 6.00. The molecule has 0 bridgehead atoms. The largest absolute Gasteiger partial charge is 0.469 e. The number of esters is 2. The molecule has 2 aromatic carbocycles. The monoisotopic (exact) mass is 507 g/mol. The average molecular weight is 508 g/mol. The summed E-state index contributed by atoms with van der Waals surface area (Å²) in [5.41, 5.74) is 3.05. The van der Waals surface area contributed by atoms with Gasteiger partial charge in [0.1, 0.15) is 12.6 Å². The lowest BCUT2D eigenvalue weighted by molar-refractivity contribution is -0.150. The molecule has 196 valence electrons. The number of rotatable bonds is 10. The summed E-state index contributed by atoms with van der Waals surface area (Å²) in [6.07, 6.45) is -0.219. The van der Waals surface area contributed by atoms with Crippen molar-refractivity contribution in [2.45, 2.75) is 39.3 Å². The number of hydrogen-bond acceptors (Lipinski definition) is 7. The van der Waals surface area contributed by atoms with Gasteiger partial charge in [0.2, 0.25) is 0 Å². The molecule has 0 aromatic heterocycles. The first-order valence-electron chi connectivity index (χ1n) is 12.3. The highest BCUT2D eigenvalue weighted by Crippen LogP contribution is 2.37. The van der Waals surface area contributed by atoms with Crippen molar-refractivity contribution in [2.24, 2.45) is 11.8 Å². The molecule has 37 heavy (non-hydrogen) atoms. The van der Waals surface area contributed by atoms with Crippen molar-refractivity contribution in [2.75, 3.05) is 20.3 Å². The number of carbonyl (C=O) groups excluding carboxylic acids is 4. The molecule has 0 unspecified atom stereocenters. The summed E-state index contributed by atoms with van der Waals surface area (Å²) in [4.78, 5) is 53.3. The molecule has 3 atom stereocenters. The number of benzene rings is 2. The number of allylic oxidation sites excluding steroid dienone is 1. The Hall–Kier alpha value is -3.94. The fourth-order valence-corrected chi connectivity index (χ4v) is 4.53. The smallest absolute Gasteiger partial charge is 0.410 e. The lowest BCUT2D eigenvalue weighted by Gasteiger charge is -2.25. The predicted molar refractivity (Wildman–Crippen MR) is 137 cm³/mol. The molecule has 0 aliphatic carbocycles. The first-order valence-corrected chi connectivity index (χ1v) is 12.3. The topological polar surface area (TPSA) is 99.2 Å². The number of ketones is 1. The lowest BCUT2D eigenvalue weighted by atomic mass is 9.82. The van der Waals surface area contributed by atoms with Crippen molar-refractivity contribution < 1.29 is 33.4 Å². The second-order valence-corrected chi connectivity index (χ2v) is 8.84. The van der Waals surface area contributed by atoms with Gasteiger partial charge in [0, 0.05) is 23.9 Å². The Kier molecular flexibility index (Phi) is 9.60. The maximum Gasteiger partial charge on any atom is 0.410 e. The molecule has 1 aliphatic rings. The van der Waals surface area contributed by atoms with Gasteiger partial charge in [0.05, 0.1) is 20.1 Å². The fourth-order valence-electron chi connectivity index (χ4n) is 4.53. The van der Waals surface area contributed by atoms with Crippen LogP contribution in [0.3, 0.4) is 0 Å². The highest BCUT2D eigenvalue weighted by Gasteiger charge is 2.52. The van der Waals surface area contributed by atoms with Gasteiger partial charge in [0.25, 0.3) is 0 Å². The van der Waals surface area contributed by atoms with Crippen LogP contribution in [0, 0.1) is 11.8 Å². The van der Waals surface area contributed by atoms with Crippen LogP contribution in [0.4, 0.5) is 4.79 Å². The zero-order chi connectivity index (χ0) is 26.9. The maximum atomic E-state index is 13.6. The van der Waals surface area contributed by atoms with E-state index in [9.17, 15) is 19.2 Å². The molecule has 0 saturated carbocycles. The summed E-state index contributed by atoms with van der Waals surface area (Å²) in [6.45, 7) is 7.64. The van der Waals surface area contributed by atoms with Crippen LogP contribution in [0.15, 0.2) is 61.2 Å². The number of hydrogen-bond donors (Lipinski definition) is 0. The minimum Gasteiger partial charge on any atom is -0.469 e. The zero-order valence-corrected chi connectivity index (χ0v) is 21.5. The third-order valence-electron chi connectivity index (χ3n) is 6.59. The quantitative estimate of drug-likeness (QED) is 0.262. The Morgan fingerprint density at radius 3 is 2.19 bits per heavy atom. The van der Waals surface area contributed by atoms with Crippen molar-refractivity contribution in [1.29, 1.82) is 0 Å². The average Bonchev–Trinajstić information content (AvgIpc) is 3.30. The number of amides is 1. The van der Waals surface area contributed by atoms with E-state index in [0.29, 0.717) is 5.56 Å². The Labute approximate surface area is 217 Å². The number of nitrogens with zero attached hydrogens (tertiary/aromatic N) is 1. The number of carbonyl (C=O) groups is 4. The van der Waals surface area contributed by atoms with Gasteiger partial charge in [-0.15, -0.1) is 0 Å². The number of Topliss-reactive ketones (excluding diaryl/α,β-unsaturated/α-hetero) is 1. The van der Waals surface area contributed by atoms with Gasteiger partial charge in [0.15, 0.2) is 5.78 Å². The van der Waals surface area contributed by atoms with Crippen LogP contribution in [-0.2, 0) is 30.4 Å². The predicted octanol–water partition coefficient (Wildman–Crippen LogP) is 4.67. The van der Waals surface area contributed by atoms with E-state index < -0.39 is 35.9 Å². The van der Waals surface area contributed by atoms with E-state index in [4.69, 9.17) is 14.2 Å². The van der Waals surface area contributed by atoms with Crippen LogP contribution < -0.4 is 0 Å². The summed E-state index contributed by atoms with van der Waals surface area (Å²) in [5.74, 6) is -3.24. The molecule has 1 aliphatic heterocycles. The molecule has 2 aromatic rings. The van der Waals surface area contributed by atoms with Crippen LogP contribution in [-0.4, -0.2) is 55.0 Å². The Balaban J connectivity index is 1.92. The molecular weight excluding hydrogens is 474 g/mol. The fraction of sp³-hybridized carbons (Fsp3) is 0.379. The summed E-state index contributed by atoms with van der Waals surface area (Å²) in [7, 11) is 1.23. The van der Waals surface area contributed by atoms with Crippen molar-refractivity contribution in [3.8, 4) is 0 Å². The summed E-state index contributed by atoms with van der Waals surface area (Å²) in [6, 6.07) is 15.0. The van der Waals surface area contributed by atoms with E-state index in [1.54, 1.807) is 19.1 Å². The molecule has 8 nitrogen and oxygen atoms in total. The number of ether oxygens (including phenoxy) is 3. The zero-order valence-electron chi connectivity index (χ0n) is 21.5. The Morgan fingerprint density at radius 2 is 1.59 bits per heavy atom. The van der Waals surface area contributed by atoms with Crippen LogP contribution in [0.25, 0.3) is 5.57 Å². The highest BCUT2D eigenvalue weighted by atomic mass is 16.6. The van der Waals surface area contributed by atoms with Crippen molar-refractivity contribution >= 4 is 29.4 Å². The van der Waals surface area contributed by atoms with Crippen molar-refractivity contribution in [3.05, 3.63) is 77.9 Å². The SMILES string of the molecule is C=C(CC)c1ccc(C(=O)[C@H]2CN(C(=O)OCc3ccccc3)[C@H](C(=O)OCC)[C@H]2CC(=O)OC)cc1. The van der Waals surface area contributed by atoms with Gasteiger partial charge in [-0.2, -0.15) is 0 Å². The first-order chi connectivity index (χ1) is 17.8. The van der Waals surface area contributed by atoms with Gasteiger partial charge in [-0.3, -0.25) is 14.5 Å². The first kappa shape index (κ1) is 27.6. The van der Waals surface area contributed by atoms with E-state index in [-0.39, 0.29) is 32.0 Å². The number of likely N-dealkylation sites (tertiary alicyclic amines) is 1. The standard InChI is InChI=1S/C29H33NO7/c1-5-19(3)21-12-14-22(15-13-21)27(32)24-17-30(29(34)37-18-20-10-8-7-9-11-20)26(28(33)36-6-2)23(24)16-25(31)35-4/h7-15,23-24,26H,3,5-6,16-18H2,1-2,4H3/t23-,24-,26-/m0/s1. The third kappa shape index (κ3) is 6.64. The van der Waals surface area contributed by atoms with Gasteiger partial charge in [-0.1, -0.05) is 68.1 Å². The Morgan fingerprint density at radius 1 is 0.946 bits per heavy atom. The molecule has 0 N–H and O–H groups in total. The van der Waals surface area contributed by atoms with Gasteiger partial charge in [-0.05, 0) is 30.0 Å². The second kappa shape index (κ2) is 12.9. The van der Waals surface area contributed by atoms with E-state index in [1.807, 2.05) is 49.4 Å². The summed E-state index contributed by atoms with van der Waals surface area (Å²) < 4.78 is 15.6. The van der Waals surface area contributed by atoms with Gasteiger partial charge >= 0.3 is 18.0 Å². The maximum absolute atomic E-state index is 13.6. The van der Waals surface area contributed by atoms with Crippen molar-refractivity contribution in [3.63, 3.8) is 0 Å². The molecule has 0 radical (unpaired) electrons. The Bertz CT molecular complexity index is 1130. The van der Waals surface area contributed by atoms with Crippen LogP contribution in [0.5, 0.6) is 0 Å². The third-order valence-corrected chi connectivity index (χ3v) is 6.59. The second-order valence-electron chi connectivity index (χ2n) is 8.84. The normalized spacial score (nSPS) is 18.7. The van der Waals surface area contributed by atoms with E-state index in [2.05, 4.69) is 6.58 Å². The molecular formula is C29H33NO7. The van der Waals surface area contributed by atoms with Crippen LogP contribution in [0.1, 0.15) is 48.2 Å². The van der Waals surface area contributed by atoms with Crippen molar-refractivity contribution in [1.82, 2.24) is 4.90 Å². The van der Waals surface area contributed by atoms with E-state index >= 15 is 0 Å². The van der Waals surface area contributed by atoms with Gasteiger partial charge < -0.3 is 14.2 Å². The molecule has 1 fully saturated rings. The molecule has 8 heteroatoms. The van der Waals surface area contributed by atoms with Crippen LogP contribution in [0.2, 0.25) is 0 Å². The molecule has 1 amide bonds. The minimum atomic E-state index is -1.17. The molecule has 1 heterocycles.